The monoisotopic (exact) mass is 524 g/mol. The van der Waals surface area contributed by atoms with Gasteiger partial charge in [0, 0.05) is 28.6 Å². The number of imidazole rings is 1. The molecule has 1 saturated heterocycles. The molecule has 0 saturated carbocycles. The van der Waals surface area contributed by atoms with E-state index in [1.165, 1.54) is 24.5 Å². The number of fused-ring (bicyclic) bond motifs is 2. The van der Waals surface area contributed by atoms with Crippen molar-refractivity contribution in [1.29, 1.82) is 0 Å². The van der Waals surface area contributed by atoms with Gasteiger partial charge in [-0.25, -0.2) is 4.98 Å². The average Bonchev–Trinajstić information content (AvgIpc) is 3.72. The summed E-state index contributed by atoms with van der Waals surface area (Å²) in [5.41, 5.74) is 8.69. The van der Waals surface area contributed by atoms with Crippen LogP contribution in [-0.2, 0) is 0 Å². The van der Waals surface area contributed by atoms with Crippen molar-refractivity contribution in [3.8, 4) is 22.0 Å². The van der Waals surface area contributed by atoms with E-state index >= 15 is 0 Å². The van der Waals surface area contributed by atoms with E-state index < -0.39 is 0 Å². The van der Waals surface area contributed by atoms with Crippen LogP contribution in [0.25, 0.3) is 49.5 Å². The number of likely N-dealkylation sites (tertiary alicyclic amines) is 1. The SMILES string of the molecule is C=C/C(=C\C(=C/C)c1cc2c(-c3nc4c(-c5ccc(F)s5)cncc4[nH]3)n[nH]c2cc1C)CN1CCCC1. The number of halogens is 1. The summed E-state index contributed by atoms with van der Waals surface area (Å²) in [6.45, 7) is 11.5. The first kappa shape index (κ1) is 24.5. The van der Waals surface area contributed by atoms with Crippen LogP contribution in [0.2, 0.25) is 0 Å². The number of pyridine rings is 1. The number of aromatic nitrogens is 5. The van der Waals surface area contributed by atoms with Crippen molar-refractivity contribution in [2.75, 3.05) is 19.6 Å². The van der Waals surface area contributed by atoms with Gasteiger partial charge in [-0.1, -0.05) is 24.8 Å². The summed E-state index contributed by atoms with van der Waals surface area (Å²) in [5, 5.41) is 8.55. The van der Waals surface area contributed by atoms with E-state index in [1.54, 1.807) is 18.5 Å². The summed E-state index contributed by atoms with van der Waals surface area (Å²) < 4.78 is 13.7. The van der Waals surface area contributed by atoms with Gasteiger partial charge < -0.3 is 4.98 Å². The van der Waals surface area contributed by atoms with E-state index in [9.17, 15) is 4.39 Å². The number of rotatable bonds is 7. The maximum atomic E-state index is 13.7. The number of benzene rings is 1. The zero-order chi connectivity index (χ0) is 26.2. The molecule has 192 valence electrons. The topological polar surface area (TPSA) is 73.5 Å². The molecule has 38 heavy (non-hydrogen) atoms. The van der Waals surface area contributed by atoms with Crippen LogP contribution in [0.3, 0.4) is 0 Å². The zero-order valence-corrected chi connectivity index (χ0v) is 22.3. The van der Waals surface area contributed by atoms with E-state index in [2.05, 4.69) is 69.8 Å². The second-order valence-electron chi connectivity index (χ2n) is 9.71. The zero-order valence-electron chi connectivity index (χ0n) is 21.5. The largest absolute Gasteiger partial charge is 0.335 e. The smallest absolute Gasteiger partial charge is 0.176 e. The summed E-state index contributed by atoms with van der Waals surface area (Å²) >= 11 is 1.09. The Kier molecular flexibility index (Phi) is 6.51. The lowest BCUT2D eigenvalue weighted by atomic mass is 9.95. The Bertz CT molecular complexity index is 1710. The summed E-state index contributed by atoms with van der Waals surface area (Å²) in [7, 11) is 0. The van der Waals surface area contributed by atoms with Gasteiger partial charge in [-0.3, -0.25) is 15.0 Å². The molecule has 4 aromatic heterocycles. The number of hydrogen-bond acceptors (Lipinski definition) is 5. The van der Waals surface area contributed by atoms with Gasteiger partial charge in [0.25, 0.3) is 0 Å². The molecule has 0 radical (unpaired) electrons. The molecule has 0 amide bonds. The molecule has 1 aliphatic heterocycles. The van der Waals surface area contributed by atoms with Gasteiger partial charge in [-0.2, -0.15) is 9.49 Å². The molecule has 6 rings (SSSR count). The van der Waals surface area contributed by atoms with Gasteiger partial charge in [-0.15, -0.1) is 11.3 Å². The number of hydrogen-bond donors (Lipinski definition) is 2. The van der Waals surface area contributed by atoms with Crippen LogP contribution >= 0.6 is 11.3 Å². The summed E-state index contributed by atoms with van der Waals surface area (Å²) in [6.07, 6.45) is 12.4. The fraction of sp³-hybridized carbons (Fsp3) is 0.233. The lowest BCUT2D eigenvalue weighted by Crippen LogP contribution is -2.21. The first-order chi connectivity index (χ1) is 18.5. The highest BCUT2D eigenvalue weighted by atomic mass is 32.1. The van der Waals surface area contributed by atoms with Gasteiger partial charge in [-0.05, 0) is 86.3 Å². The van der Waals surface area contributed by atoms with Crippen molar-refractivity contribution in [3.05, 3.63) is 83.3 Å². The van der Waals surface area contributed by atoms with Crippen LogP contribution in [0, 0.1) is 12.1 Å². The standard InChI is InChI=1S/C30H29FN6S/c1-4-19(17-37-10-6-7-11-37)13-20(5-2)21-14-22-24(12-18(21)3)35-36-29(22)30-33-25-16-32-15-23(28(25)34-30)26-8-9-27(31)38-26/h4-5,8-9,12-16H,1,6-7,10-11,17H2,2-3H3,(H,33,34)(H,35,36)/b19-13+,20-5+. The Morgan fingerprint density at radius 2 is 2.03 bits per heavy atom. The maximum absolute atomic E-state index is 13.7. The third-order valence-electron chi connectivity index (χ3n) is 7.19. The Morgan fingerprint density at radius 1 is 1.18 bits per heavy atom. The van der Waals surface area contributed by atoms with E-state index in [0.717, 1.165) is 85.7 Å². The fourth-order valence-electron chi connectivity index (χ4n) is 5.23. The molecule has 2 N–H and O–H groups in total. The van der Waals surface area contributed by atoms with E-state index in [1.807, 2.05) is 6.08 Å². The minimum atomic E-state index is -0.233. The molecule has 1 aromatic carbocycles. The number of nitrogens with zero attached hydrogens (tertiary/aromatic N) is 4. The Hall–Kier alpha value is -3.88. The molecule has 0 unspecified atom stereocenters. The molecule has 0 spiro atoms. The van der Waals surface area contributed by atoms with E-state index in [-0.39, 0.29) is 5.13 Å². The van der Waals surface area contributed by atoms with Gasteiger partial charge in [0.1, 0.15) is 11.2 Å². The quantitative estimate of drug-likeness (QED) is 0.219. The molecular weight excluding hydrogens is 495 g/mol. The number of allylic oxidation sites excluding steroid dienone is 3. The van der Waals surface area contributed by atoms with Crippen LogP contribution in [0.15, 0.2) is 67.0 Å². The number of nitrogens with one attached hydrogen (secondary N) is 2. The first-order valence-electron chi connectivity index (χ1n) is 12.8. The predicted octanol–water partition coefficient (Wildman–Crippen LogP) is 7.29. The van der Waals surface area contributed by atoms with Gasteiger partial charge >= 0.3 is 0 Å². The summed E-state index contributed by atoms with van der Waals surface area (Å²) in [6, 6.07) is 7.55. The molecule has 0 aliphatic carbocycles. The van der Waals surface area contributed by atoms with Crippen molar-refractivity contribution >= 4 is 38.8 Å². The Balaban J connectivity index is 1.41. The van der Waals surface area contributed by atoms with Crippen molar-refractivity contribution in [2.45, 2.75) is 26.7 Å². The lowest BCUT2D eigenvalue weighted by Gasteiger charge is -2.16. The molecule has 5 aromatic rings. The summed E-state index contributed by atoms with van der Waals surface area (Å²) in [5.74, 6) is 0.644. The maximum Gasteiger partial charge on any atom is 0.176 e. The molecule has 8 heteroatoms. The fourth-order valence-corrected chi connectivity index (χ4v) is 5.97. The van der Waals surface area contributed by atoms with Crippen LogP contribution in [-0.4, -0.2) is 49.7 Å². The molecular formula is C30H29FN6S. The molecule has 1 fully saturated rings. The minimum Gasteiger partial charge on any atom is -0.335 e. The lowest BCUT2D eigenvalue weighted by molar-refractivity contribution is 0.371. The highest BCUT2D eigenvalue weighted by Crippen LogP contribution is 2.35. The number of H-pyrrole nitrogens is 2. The van der Waals surface area contributed by atoms with Crippen molar-refractivity contribution in [1.82, 2.24) is 30.0 Å². The third kappa shape index (κ3) is 4.50. The van der Waals surface area contributed by atoms with E-state index in [0.29, 0.717) is 5.82 Å². The van der Waals surface area contributed by atoms with Crippen LogP contribution in [0.4, 0.5) is 4.39 Å². The molecule has 6 nitrogen and oxygen atoms in total. The van der Waals surface area contributed by atoms with Gasteiger partial charge in [0.15, 0.2) is 11.0 Å². The van der Waals surface area contributed by atoms with Crippen LogP contribution < -0.4 is 0 Å². The highest BCUT2D eigenvalue weighted by molar-refractivity contribution is 7.14. The number of aromatic amines is 2. The Morgan fingerprint density at radius 3 is 2.76 bits per heavy atom. The van der Waals surface area contributed by atoms with Crippen molar-refractivity contribution < 1.29 is 4.39 Å². The second-order valence-corrected chi connectivity index (χ2v) is 10.7. The first-order valence-corrected chi connectivity index (χ1v) is 13.7. The van der Waals surface area contributed by atoms with Gasteiger partial charge in [0.05, 0.1) is 17.2 Å². The number of aryl methyl sites for hydroxylation is 1. The number of thiophene rings is 1. The van der Waals surface area contributed by atoms with Crippen molar-refractivity contribution in [2.24, 2.45) is 0 Å². The van der Waals surface area contributed by atoms with Crippen LogP contribution in [0.5, 0.6) is 0 Å². The van der Waals surface area contributed by atoms with Crippen LogP contribution in [0.1, 0.15) is 30.9 Å². The van der Waals surface area contributed by atoms with E-state index in [4.69, 9.17) is 4.98 Å². The normalized spacial score (nSPS) is 15.2. The second kappa shape index (κ2) is 10.1. The molecule has 5 heterocycles. The van der Waals surface area contributed by atoms with Crippen molar-refractivity contribution in [3.63, 3.8) is 0 Å². The average molecular weight is 525 g/mol. The molecule has 0 bridgehead atoms. The highest BCUT2D eigenvalue weighted by Gasteiger charge is 2.18. The predicted molar refractivity (Wildman–Crippen MR) is 155 cm³/mol. The molecule has 0 atom stereocenters. The van der Waals surface area contributed by atoms with Gasteiger partial charge in [0.2, 0.25) is 0 Å². The third-order valence-corrected chi connectivity index (χ3v) is 8.10. The minimum absolute atomic E-state index is 0.233. The summed E-state index contributed by atoms with van der Waals surface area (Å²) in [4.78, 5) is 15.9. The Labute approximate surface area is 224 Å². The molecule has 1 aliphatic rings.